The van der Waals surface area contributed by atoms with E-state index in [9.17, 15) is 0 Å². The third-order valence-corrected chi connectivity index (χ3v) is 3.76. The lowest BCUT2D eigenvalue weighted by atomic mass is 10.2. The first-order valence-corrected chi connectivity index (χ1v) is 8.50. The van der Waals surface area contributed by atoms with Crippen LogP contribution in [0.4, 0.5) is 28.7 Å². The van der Waals surface area contributed by atoms with Gasteiger partial charge < -0.3 is 5.32 Å². The van der Waals surface area contributed by atoms with Gasteiger partial charge in [-0.1, -0.05) is 10.3 Å². The molecule has 0 aliphatic rings. The van der Waals surface area contributed by atoms with Crippen LogP contribution in [0.15, 0.2) is 81.5 Å². The maximum Gasteiger partial charge on any atom is 0.421 e. The average molecular weight is 363 g/mol. The zero-order valence-corrected chi connectivity index (χ0v) is 15.9. The van der Waals surface area contributed by atoms with Crippen molar-refractivity contribution >= 4 is 28.7 Å². The van der Waals surface area contributed by atoms with Gasteiger partial charge in [0.25, 0.3) is 0 Å². The second-order valence-electron chi connectivity index (χ2n) is 6.28. The highest BCUT2D eigenvalue weighted by Crippen LogP contribution is 2.23. The number of hydrogen-bond acceptors (Lipinski definition) is 5. The van der Waals surface area contributed by atoms with Crippen LogP contribution in [0.2, 0.25) is 0 Å². The van der Waals surface area contributed by atoms with E-state index in [4.69, 9.17) is 0 Å². The standard InChI is InChI=1S/C19H22N8/c1-25(2)24-22-18-11-7-16(8-12-18)20-15-5-9-17(10-6-15)21-23-19-26(3)13-14-27(19)4/h5-14H,1-4H3/p+1. The summed E-state index contributed by atoms with van der Waals surface area (Å²) in [5.41, 5.74) is 3.55. The average Bonchev–Trinajstić information content (AvgIpc) is 2.98. The zero-order chi connectivity index (χ0) is 19.2. The molecule has 1 N–H and O–H groups in total. The maximum absolute atomic E-state index is 4.30. The Bertz CT molecular complexity index is 917. The van der Waals surface area contributed by atoms with Crippen molar-refractivity contribution in [2.24, 2.45) is 34.7 Å². The number of aryl methyl sites for hydroxylation is 2. The second kappa shape index (κ2) is 8.22. The second-order valence-corrected chi connectivity index (χ2v) is 6.28. The normalized spacial score (nSPS) is 11.4. The highest BCUT2D eigenvalue weighted by molar-refractivity contribution is 5.63. The lowest BCUT2D eigenvalue weighted by molar-refractivity contribution is -0.657. The highest BCUT2D eigenvalue weighted by Gasteiger charge is 2.10. The predicted octanol–water partition coefficient (Wildman–Crippen LogP) is 4.57. The van der Waals surface area contributed by atoms with Gasteiger partial charge in [-0.2, -0.15) is 0 Å². The number of nitrogens with one attached hydrogen (secondary N) is 1. The Morgan fingerprint density at radius 2 is 1.41 bits per heavy atom. The van der Waals surface area contributed by atoms with Crippen LogP contribution in [-0.2, 0) is 14.1 Å². The molecule has 3 rings (SSSR count). The molecule has 0 aliphatic heterocycles. The third kappa shape index (κ3) is 4.97. The maximum atomic E-state index is 4.30. The van der Waals surface area contributed by atoms with Crippen molar-refractivity contribution in [3.63, 3.8) is 0 Å². The van der Waals surface area contributed by atoms with Gasteiger partial charge in [0.05, 0.1) is 32.2 Å². The number of imidazole rings is 1. The SMILES string of the molecule is CN(C)N=Nc1ccc(Nc2ccc(N=Nc3n(C)cc[n+]3C)cc2)cc1. The van der Waals surface area contributed by atoms with Crippen LogP contribution < -0.4 is 9.88 Å². The minimum absolute atomic E-state index is 0.781. The van der Waals surface area contributed by atoms with Crippen LogP contribution in [0.1, 0.15) is 0 Å². The molecule has 0 radical (unpaired) electrons. The minimum atomic E-state index is 0.781. The van der Waals surface area contributed by atoms with Crippen molar-refractivity contribution in [1.29, 1.82) is 0 Å². The molecule has 2 aromatic carbocycles. The quantitative estimate of drug-likeness (QED) is 0.396. The van der Waals surface area contributed by atoms with Crippen LogP contribution in [0, 0.1) is 0 Å². The van der Waals surface area contributed by atoms with Crippen molar-refractivity contribution in [1.82, 2.24) is 9.58 Å². The van der Waals surface area contributed by atoms with Gasteiger partial charge in [0.1, 0.15) is 5.69 Å². The van der Waals surface area contributed by atoms with E-state index in [0.29, 0.717) is 0 Å². The number of hydrogen-bond donors (Lipinski definition) is 1. The van der Waals surface area contributed by atoms with Gasteiger partial charge in [-0.25, -0.2) is 9.13 Å². The predicted molar refractivity (Wildman–Crippen MR) is 105 cm³/mol. The van der Waals surface area contributed by atoms with Crippen molar-refractivity contribution in [2.45, 2.75) is 0 Å². The number of anilines is 2. The lowest BCUT2D eigenvalue weighted by Crippen LogP contribution is -2.25. The molecule has 1 heterocycles. The summed E-state index contributed by atoms with van der Waals surface area (Å²) in [6, 6.07) is 15.6. The summed E-state index contributed by atoms with van der Waals surface area (Å²) >= 11 is 0. The molecule has 0 saturated heterocycles. The van der Waals surface area contributed by atoms with Crippen LogP contribution in [-0.4, -0.2) is 23.7 Å². The molecule has 0 aliphatic carbocycles. The number of azo groups is 1. The molecule has 8 heteroatoms. The van der Waals surface area contributed by atoms with E-state index in [0.717, 1.165) is 28.7 Å². The van der Waals surface area contributed by atoms with Gasteiger partial charge >= 0.3 is 5.95 Å². The molecule has 0 atom stereocenters. The summed E-state index contributed by atoms with van der Waals surface area (Å²) in [6.07, 6.45) is 3.88. The van der Waals surface area contributed by atoms with Gasteiger partial charge in [0.2, 0.25) is 0 Å². The van der Waals surface area contributed by atoms with Crippen molar-refractivity contribution < 1.29 is 4.57 Å². The van der Waals surface area contributed by atoms with Gasteiger partial charge in [0, 0.05) is 30.6 Å². The minimum Gasteiger partial charge on any atom is -0.356 e. The fourth-order valence-electron chi connectivity index (χ4n) is 2.36. The molecule has 138 valence electrons. The van der Waals surface area contributed by atoms with Crippen molar-refractivity contribution in [2.75, 3.05) is 19.4 Å². The van der Waals surface area contributed by atoms with Crippen molar-refractivity contribution in [3.05, 3.63) is 60.9 Å². The zero-order valence-electron chi connectivity index (χ0n) is 15.9. The Morgan fingerprint density at radius 1 is 0.852 bits per heavy atom. The van der Waals surface area contributed by atoms with E-state index < -0.39 is 0 Å². The monoisotopic (exact) mass is 363 g/mol. The Hall–Kier alpha value is -3.55. The van der Waals surface area contributed by atoms with Gasteiger partial charge in [-0.15, -0.1) is 5.11 Å². The summed E-state index contributed by atoms with van der Waals surface area (Å²) in [6.45, 7) is 0. The fraction of sp³-hybridized carbons (Fsp3) is 0.211. The summed E-state index contributed by atoms with van der Waals surface area (Å²) < 4.78 is 3.84. The van der Waals surface area contributed by atoms with Crippen LogP contribution in [0.5, 0.6) is 0 Å². The van der Waals surface area contributed by atoms with E-state index in [2.05, 4.69) is 25.9 Å². The molecular formula is C19H23N8+. The number of aromatic nitrogens is 2. The topological polar surface area (TPSA) is 73.5 Å². The van der Waals surface area contributed by atoms with Gasteiger partial charge in [-0.05, 0) is 48.5 Å². The summed E-state index contributed by atoms with van der Waals surface area (Å²) in [5.74, 6) is 0.781. The van der Waals surface area contributed by atoms with Crippen LogP contribution in [0.25, 0.3) is 0 Å². The molecule has 1 aromatic heterocycles. The largest absolute Gasteiger partial charge is 0.421 e. The summed E-state index contributed by atoms with van der Waals surface area (Å²) in [4.78, 5) is 0. The first kappa shape index (κ1) is 18.2. The molecule has 8 nitrogen and oxygen atoms in total. The van der Waals surface area contributed by atoms with E-state index in [1.807, 2.05) is 98.2 Å². The summed E-state index contributed by atoms with van der Waals surface area (Å²) in [7, 11) is 7.55. The molecule has 0 bridgehead atoms. The van der Waals surface area contributed by atoms with E-state index >= 15 is 0 Å². The molecule has 3 aromatic rings. The Labute approximate surface area is 158 Å². The van der Waals surface area contributed by atoms with Crippen LogP contribution >= 0.6 is 0 Å². The van der Waals surface area contributed by atoms with Gasteiger partial charge in [-0.3, -0.25) is 5.01 Å². The van der Waals surface area contributed by atoms with Crippen molar-refractivity contribution in [3.8, 4) is 0 Å². The fourth-order valence-corrected chi connectivity index (χ4v) is 2.36. The number of rotatable bonds is 6. The Morgan fingerprint density at radius 3 is 1.89 bits per heavy atom. The van der Waals surface area contributed by atoms with E-state index in [1.165, 1.54) is 0 Å². The number of nitrogens with zero attached hydrogens (tertiary/aromatic N) is 7. The van der Waals surface area contributed by atoms with Crippen LogP contribution in [0.3, 0.4) is 0 Å². The highest BCUT2D eigenvalue weighted by atomic mass is 15.5. The smallest absolute Gasteiger partial charge is 0.356 e. The van der Waals surface area contributed by atoms with E-state index in [-0.39, 0.29) is 0 Å². The molecule has 27 heavy (non-hydrogen) atoms. The molecule has 0 spiro atoms. The molecule has 0 fully saturated rings. The van der Waals surface area contributed by atoms with Gasteiger partial charge in [0.15, 0.2) is 0 Å². The molecule has 0 amide bonds. The molecule has 0 unspecified atom stereocenters. The Kier molecular flexibility index (Phi) is 5.55. The molecular weight excluding hydrogens is 340 g/mol. The van der Waals surface area contributed by atoms with E-state index in [1.54, 1.807) is 5.01 Å². The first-order chi connectivity index (χ1) is 13.0. The number of benzene rings is 2. The first-order valence-electron chi connectivity index (χ1n) is 8.50. The Balaban J connectivity index is 1.64. The lowest BCUT2D eigenvalue weighted by Gasteiger charge is -2.06. The third-order valence-electron chi connectivity index (χ3n) is 3.76. The summed E-state index contributed by atoms with van der Waals surface area (Å²) in [5, 5.41) is 21.7. The molecule has 0 saturated carbocycles.